The van der Waals surface area contributed by atoms with Crippen molar-refractivity contribution in [1.82, 2.24) is 4.98 Å². The normalized spacial score (nSPS) is 12.6. The lowest BCUT2D eigenvalue weighted by Crippen LogP contribution is -2.13. The molecule has 2 rings (SSSR count). The Morgan fingerprint density at radius 1 is 1.41 bits per heavy atom. The van der Waals surface area contributed by atoms with Crippen LogP contribution in [0.25, 0.3) is 0 Å². The number of hydrogen-bond donors (Lipinski definition) is 1. The van der Waals surface area contributed by atoms with Gasteiger partial charge in [0.1, 0.15) is 0 Å². The Morgan fingerprint density at radius 3 is 2.76 bits per heavy atom. The topological polar surface area (TPSA) is 52.0 Å². The molecule has 0 aliphatic heterocycles. The summed E-state index contributed by atoms with van der Waals surface area (Å²) >= 11 is 3.34. The molecule has 17 heavy (non-hydrogen) atoms. The molecule has 2 heterocycles. The van der Waals surface area contributed by atoms with E-state index in [2.05, 4.69) is 33.9 Å². The number of furan rings is 1. The number of nitrogens with two attached hydrogens (primary N) is 1. The molecule has 2 N–H and O–H groups in total. The van der Waals surface area contributed by atoms with Gasteiger partial charge in [-0.2, -0.15) is 0 Å². The number of rotatable bonds is 4. The van der Waals surface area contributed by atoms with Crippen molar-refractivity contribution in [2.45, 2.75) is 25.8 Å². The summed E-state index contributed by atoms with van der Waals surface area (Å²) in [6.45, 7) is 2.12. The zero-order valence-corrected chi connectivity index (χ0v) is 11.3. The van der Waals surface area contributed by atoms with E-state index in [1.165, 1.54) is 5.56 Å². The van der Waals surface area contributed by atoms with Gasteiger partial charge in [-0.1, -0.05) is 13.0 Å². The van der Waals surface area contributed by atoms with Crippen molar-refractivity contribution < 1.29 is 4.42 Å². The molecule has 0 saturated carbocycles. The predicted molar refractivity (Wildman–Crippen MR) is 70.7 cm³/mol. The zero-order chi connectivity index (χ0) is 12.3. The summed E-state index contributed by atoms with van der Waals surface area (Å²) in [6, 6.07) is 5.92. The maximum Gasteiger partial charge on any atom is 0.173 e. The number of aryl methyl sites for hydroxylation is 1. The van der Waals surface area contributed by atoms with Crippen LogP contribution in [0.4, 0.5) is 0 Å². The van der Waals surface area contributed by atoms with Gasteiger partial charge >= 0.3 is 0 Å². The standard InChI is InChI=1S/C13H15BrN2O/c1-2-9-3-4-10(16-8-9)7-12(15)11-5-6-17-13(11)14/h3-6,8,12H,2,7,15H2,1H3. The smallest absolute Gasteiger partial charge is 0.173 e. The molecule has 3 nitrogen and oxygen atoms in total. The lowest BCUT2D eigenvalue weighted by molar-refractivity contribution is 0.530. The Morgan fingerprint density at radius 2 is 2.24 bits per heavy atom. The van der Waals surface area contributed by atoms with Crippen molar-refractivity contribution in [2.24, 2.45) is 5.73 Å². The van der Waals surface area contributed by atoms with Gasteiger partial charge in [-0.3, -0.25) is 4.98 Å². The minimum Gasteiger partial charge on any atom is -0.457 e. The van der Waals surface area contributed by atoms with Crippen LogP contribution in [0, 0.1) is 0 Å². The van der Waals surface area contributed by atoms with E-state index in [4.69, 9.17) is 10.2 Å². The lowest BCUT2D eigenvalue weighted by atomic mass is 10.1. The lowest BCUT2D eigenvalue weighted by Gasteiger charge is -2.09. The minimum atomic E-state index is -0.0944. The second-order valence-electron chi connectivity index (χ2n) is 3.97. The van der Waals surface area contributed by atoms with Crippen molar-refractivity contribution >= 4 is 15.9 Å². The highest BCUT2D eigenvalue weighted by molar-refractivity contribution is 9.10. The molecule has 0 aromatic carbocycles. The van der Waals surface area contributed by atoms with E-state index >= 15 is 0 Å². The van der Waals surface area contributed by atoms with Crippen LogP contribution in [-0.4, -0.2) is 4.98 Å². The van der Waals surface area contributed by atoms with E-state index in [1.807, 2.05) is 18.3 Å². The van der Waals surface area contributed by atoms with Crippen molar-refractivity contribution in [3.05, 3.63) is 52.1 Å². The molecular weight excluding hydrogens is 280 g/mol. The van der Waals surface area contributed by atoms with Gasteiger partial charge in [0, 0.05) is 29.9 Å². The molecule has 0 fully saturated rings. The van der Waals surface area contributed by atoms with Crippen LogP contribution in [0.2, 0.25) is 0 Å². The molecule has 0 aliphatic rings. The highest BCUT2D eigenvalue weighted by Crippen LogP contribution is 2.25. The largest absolute Gasteiger partial charge is 0.457 e. The van der Waals surface area contributed by atoms with Crippen molar-refractivity contribution in [1.29, 1.82) is 0 Å². The second-order valence-corrected chi connectivity index (χ2v) is 4.69. The number of hydrogen-bond acceptors (Lipinski definition) is 3. The third-order valence-electron chi connectivity index (χ3n) is 2.77. The zero-order valence-electron chi connectivity index (χ0n) is 9.69. The monoisotopic (exact) mass is 294 g/mol. The first-order valence-electron chi connectivity index (χ1n) is 5.63. The van der Waals surface area contributed by atoms with Gasteiger partial charge < -0.3 is 10.2 Å². The van der Waals surface area contributed by atoms with E-state index in [-0.39, 0.29) is 6.04 Å². The van der Waals surface area contributed by atoms with Crippen LogP contribution in [0.5, 0.6) is 0 Å². The molecule has 90 valence electrons. The SMILES string of the molecule is CCc1ccc(CC(N)c2ccoc2Br)nc1. The number of nitrogens with zero attached hydrogens (tertiary/aromatic N) is 1. The number of halogens is 1. The number of aromatic nitrogens is 1. The molecule has 2 aromatic heterocycles. The van der Waals surface area contributed by atoms with Crippen LogP contribution in [-0.2, 0) is 12.8 Å². The molecule has 4 heteroatoms. The fourth-order valence-corrected chi connectivity index (χ4v) is 2.22. The molecule has 0 aliphatic carbocycles. The highest BCUT2D eigenvalue weighted by Gasteiger charge is 2.13. The van der Waals surface area contributed by atoms with E-state index in [0.29, 0.717) is 11.1 Å². The Balaban J connectivity index is 2.07. The van der Waals surface area contributed by atoms with Crippen LogP contribution in [0.1, 0.15) is 29.8 Å². The first kappa shape index (κ1) is 12.3. The minimum absolute atomic E-state index is 0.0944. The van der Waals surface area contributed by atoms with Crippen molar-refractivity contribution in [3.8, 4) is 0 Å². The molecule has 2 aromatic rings. The van der Waals surface area contributed by atoms with E-state index < -0.39 is 0 Å². The van der Waals surface area contributed by atoms with E-state index in [0.717, 1.165) is 17.7 Å². The fourth-order valence-electron chi connectivity index (χ4n) is 1.69. The van der Waals surface area contributed by atoms with Gasteiger partial charge in [0.05, 0.1) is 6.26 Å². The third kappa shape index (κ3) is 2.96. The van der Waals surface area contributed by atoms with Gasteiger partial charge in [-0.25, -0.2) is 0 Å². The van der Waals surface area contributed by atoms with Crippen LogP contribution >= 0.6 is 15.9 Å². The first-order valence-corrected chi connectivity index (χ1v) is 6.42. The Kier molecular flexibility index (Phi) is 3.97. The van der Waals surface area contributed by atoms with Crippen molar-refractivity contribution in [3.63, 3.8) is 0 Å². The second kappa shape index (κ2) is 5.47. The summed E-state index contributed by atoms with van der Waals surface area (Å²) in [4.78, 5) is 4.40. The molecule has 0 saturated heterocycles. The molecule has 1 atom stereocenters. The fraction of sp³-hybridized carbons (Fsp3) is 0.308. The Labute approximate surface area is 109 Å². The van der Waals surface area contributed by atoms with Crippen molar-refractivity contribution in [2.75, 3.05) is 0 Å². The molecular formula is C13H15BrN2O. The third-order valence-corrected chi connectivity index (χ3v) is 3.41. The maximum atomic E-state index is 6.11. The Bertz CT molecular complexity index is 478. The summed E-state index contributed by atoms with van der Waals surface area (Å²) in [5, 5.41) is 0. The van der Waals surface area contributed by atoms with Gasteiger partial charge in [0.25, 0.3) is 0 Å². The van der Waals surface area contributed by atoms with E-state index in [1.54, 1.807) is 6.26 Å². The molecule has 0 amide bonds. The first-order chi connectivity index (χ1) is 8.20. The van der Waals surface area contributed by atoms with E-state index in [9.17, 15) is 0 Å². The summed E-state index contributed by atoms with van der Waals surface area (Å²) in [5.41, 5.74) is 9.34. The van der Waals surface area contributed by atoms with Gasteiger partial charge in [-0.15, -0.1) is 0 Å². The predicted octanol–water partition coefficient (Wildman–Crippen LogP) is 3.24. The van der Waals surface area contributed by atoms with Gasteiger partial charge in [0.2, 0.25) is 0 Å². The average molecular weight is 295 g/mol. The summed E-state index contributed by atoms with van der Waals surface area (Å²) in [7, 11) is 0. The van der Waals surface area contributed by atoms with Crippen LogP contribution < -0.4 is 5.73 Å². The molecule has 1 unspecified atom stereocenters. The van der Waals surface area contributed by atoms with Gasteiger partial charge in [-0.05, 0) is 40.0 Å². The quantitative estimate of drug-likeness (QED) is 0.942. The summed E-state index contributed by atoms with van der Waals surface area (Å²) in [5.74, 6) is 0. The summed E-state index contributed by atoms with van der Waals surface area (Å²) < 4.78 is 5.88. The van der Waals surface area contributed by atoms with Crippen LogP contribution in [0.3, 0.4) is 0 Å². The molecule has 0 spiro atoms. The van der Waals surface area contributed by atoms with Gasteiger partial charge in [0.15, 0.2) is 4.67 Å². The Hall–Kier alpha value is -1.13. The van der Waals surface area contributed by atoms with Crippen LogP contribution in [0.15, 0.2) is 39.7 Å². The molecule has 0 radical (unpaired) electrons. The average Bonchev–Trinajstić information content (AvgIpc) is 2.76. The highest BCUT2D eigenvalue weighted by atomic mass is 79.9. The number of pyridine rings is 1. The molecule has 0 bridgehead atoms. The maximum absolute atomic E-state index is 6.11. The summed E-state index contributed by atoms with van der Waals surface area (Å²) in [6.07, 6.45) is 5.26.